The largest absolute Gasteiger partial charge is 0.497 e. The van der Waals surface area contributed by atoms with Gasteiger partial charge in [-0.15, -0.1) is 12.6 Å². The fourth-order valence-corrected chi connectivity index (χ4v) is 3.46. The van der Waals surface area contributed by atoms with Crippen molar-refractivity contribution in [2.75, 3.05) is 26.7 Å². The minimum Gasteiger partial charge on any atom is -0.497 e. The standard InChI is InChI=1S/C16H18N2O3S2/c1-20-12-2-3-13-10(7-15(19)21-14(13)8-12)6-11-9-17-4-5-18(11)16(22)23/h2-3,7-8,11,17H,4-6,9H2,1H3,(H,22,23). The van der Waals surface area contributed by atoms with Gasteiger partial charge in [0.2, 0.25) is 0 Å². The molecule has 0 amide bonds. The first kappa shape index (κ1) is 16.3. The van der Waals surface area contributed by atoms with Crippen molar-refractivity contribution in [2.24, 2.45) is 0 Å². The molecule has 0 bridgehead atoms. The predicted octanol–water partition coefficient (Wildman–Crippen LogP) is 1.83. The number of thiol groups is 1. The van der Waals surface area contributed by atoms with Crippen LogP contribution in [0.1, 0.15) is 5.56 Å². The molecular weight excluding hydrogens is 332 g/mol. The molecule has 5 nitrogen and oxygen atoms in total. The van der Waals surface area contributed by atoms with E-state index in [2.05, 4.69) is 22.8 Å². The Labute approximate surface area is 145 Å². The van der Waals surface area contributed by atoms with E-state index >= 15 is 0 Å². The highest BCUT2D eigenvalue weighted by atomic mass is 32.1. The van der Waals surface area contributed by atoms with E-state index in [1.165, 1.54) is 0 Å². The molecule has 2 heterocycles. The monoisotopic (exact) mass is 350 g/mol. The molecule has 1 atom stereocenters. The van der Waals surface area contributed by atoms with Gasteiger partial charge in [-0.25, -0.2) is 4.79 Å². The van der Waals surface area contributed by atoms with Gasteiger partial charge in [-0.05, 0) is 24.1 Å². The van der Waals surface area contributed by atoms with Crippen LogP contribution < -0.4 is 15.7 Å². The Kier molecular flexibility index (Phi) is 4.89. The van der Waals surface area contributed by atoms with E-state index in [0.29, 0.717) is 22.1 Å². The van der Waals surface area contributed by atoms with Gasteiger partial charge in [-0.2, -0.15) is 0 Å². The van der Waals surface area contributed by atoms with Gasteiger partial charge in [0.25, 0.3) is 0 Å². The van der Waals surface area contributed by atoms with E-state index in [-0.39, 0.29) is 11.7 Å². The lowest BCUT2D eigenvalue weighted by Crippen LogP contribution is -2.53. The fraction of sp³-hybridized carbons (Fsp3) is 0.375. The Morgan fingerprint density at radius 1 is 1.52 bits per heavy atom. The van der Waals surface area contributed by atoms with Crippen LogP contribution in [-0.2, 0) is 6.42 Å². The molecule has 0 aliphatic carbocycles. The molecule has 0 radical (unpaired) electrons. The fourth-order valence-electron chi connectivity index (χ4n) is 2.96. The van der Waals surface area contributed by atoms with Crippen LogP contribution >= 0.6 is 24.8 Å². The number of piperazine rings is 1. The van der Waals surface area contributed by atoms with Crippen LogP contribution in [-0.4, -0.2) is 42.0 Å². The van der Waals surface area contributed by atoms with Crippen LogP contribution in [0.15, 0.2) is 33.5 Å². The second kappa shape index (κ2) is 6.90. The number of rotatable bonds is 3. The number of fused-ring (bicyclic) bond motifs is 1. The zero-order valence-corrected chi connectivity index (χ0v) is 14.5. The van der Waals surface area contributed by atoms with Crippen LogP contribution in [0, 0.1) is 0 Å². The van der Waals surface area contributed by atoms with Gasteiger partial charge in [0, 0.05) is 43.2 Å². The Morgan fingerprint density at radius 3 is 3.09 bits per heavy atom. The number of nitrogens with zero attached hydrogens (tertiary/aromatic N) is 1. The van der Waals surface area contributed by atoms with Gasteiger partial charge < -0.3 is 19.4 Å². The average Bonchev–Trinajstić information content (AvgIpc) is 2.54. The first-order chi connectivity index (χ1) is 11.1. The molecule has 1 saturated heterocycles. The van der Waals surface area contributed by atoms with Crippen molar-refractivity contribution < 1.29 is 9.15 Å². The molecule has 3 rings (SSSR count). The summed E-state index contributed by atoms with van der Waals surface area (Å²) < 4.78 is 11.1. The van der Waals surface area contributed by atoms with Gasteiger partial charge in [0.1, 0.15) is 15.7 Å². The number of hydrogen-bond donors (Lipinski definition) is 2. The lowest BCUT2D eigenvalue weighted by molar-refractivity contribution is 0.264. The first-order valence-electron chi connectivity index (χ1n) is 7.39. The van der Waals surface area contributed by atoms with Gasteiger partial charge in [-0.3, -0.25) is 0 Å². The summed E-state index contributed by atoms with van der Waals surface area (Å²) in [7, 11) is 1.59. The molecule has 0 spiro atoms. The zero-order valence-electron chi connectivity index (χ0n) is 12.7. The molecule has 1 aromatic heterocycles. The van der Waals surface area contributed by atoms with Crippen LogP contribution in [0.25, 0.3) is 11.0 Å². The smallest absolute Gasteiger partial charge is 0.336 e. The molecule has 7 heteroatoms. The highest BCUT2D eigenvalue weighted by Crippen LogP contribution is 2.24. The second-order valence-corrected chi connectivity index (χ2v) is 6.60. The van der Waals surface area contributed by atoms with Gasteiger partial charge in [-0.1, -0.05) is 12.2 Å². The van der Waals surface area contributed by atoms with E-state index in [4.69, 9.17) is 21.4 Å². The van der Waals surface area contributed by atoms with E-state index in [0.717, 1.165) is 30.6 Å². The van der Waals surface area contributed by atoms with E-state index in [1.54, 1.807) is 19.2 Å². The molecule has 1 fully saturated rings. The summed E-state index contributed by atoms with van der Waals surface area (Å²) >= 11 is 9.55. The first-order valence-corrected chi connectivity index (χ1v) is 8.25. The molecular formula is C16H18N2O3S2. The average molecular weight is 350 g/mol. The Balaban J connectivity index is 1.98. The highest BCUT2D eigenvalue weighted by Gasteiger charge is 2.24. The van der Waals surface area contributed by atoms with Crippen molar-refractivity contribution in [3.05, 3.63) is 40.2 Å². The number of ether oxygens (including phenoxy) is 1. The van der Waals surface area contributed by atoms with E-state index < -0.39 is 0 Å². The van der Waals surface area contributed by atoms with Crippen molar-refractivity contribution in [2.45, 2.75) is 12.5 Å². The quantitative estimate of drug-likeness (QED) is 0.500. The summed E-state index contributed by atoms with van der Waals surface area (Å²) in [6.07, 6.45) is 0.697. The Hall–Kier alpha value is -1.57. The molecule has 1 aromatic carbocycles. The van der Waals surface area contributed by atoms with Gasteiger partial charge >= 0.3 is 5.63 Å². The van der Waals surface area contributed by atoms with Crippen molar-refractivity contribution >= 4 is 40.1 Å². The van der Waals surface area contributed by atoms with Gasteiger partial charge in [0.05, 0.1) is 7.11 Å². The molecule has 0 saturated carbocycles. The number of methoxy groups -OCH3 is 1. The van der Waals surface area contributed by atoms with Crippen molar-refractivity contribution in [1.82, 2.24) is 10.2 Å². The molecule has 2 aromatic rings. The third kappa shape index (κ3) is 3.52. The predicted molar refractivity (Wildman–Crippen MR) is 97.7 cm³/mol. The Bertz CT molecular complexity index is 790. The maximum atomic E-state index is 11.9. The summed E-state index contributed by atoms with van der Waals surface area (Å²) in [4.78, 5) is 14.0. The minimum atomic E-state index is -0.357. The van der Waals surface area contributed by atoms with Crippen LogP contribution in [0.5, 0.6) is 5.75 Å². The summed E-state index contributed by atoms with van der Waals surface area (Å²) in [5.41, 5.74) is 1.13. The summed E-state index contributed by atoms with van der Waals surface area (Å²) in [5, 5.41) is 4.28. The molecule has 23 heavy (non-hydrogen) atoms. The molecule has 1 aliphatic heterocycles. The summed E-state index contributed by atoms with van der Waals surface area (Å²) in [6, 6.07) is 7.25. The van der Waals surface area contributed by atoms with Crippen LogP contribution in [0.4, 0.5) is 0 Å². The minimum absolute atomic E-state index is 0.167. The maximum absolute atomic E-state index is 11.9. The van der Waals surface area contributed by atoms with Crippen molar-refractivity contribution in [3.63, 3.8) is 0 Å². The Morgan fingerprint density at radius 2 is 2.35 bits per heavy atom. The SMILES string of the molecule is COc1ccc2c(CC3CNCCN3C(=S)S)cc(=O)oc2c1. The zero-order chi connectivity index (χ0) is 16.4. The molecule has 1 N–H and O–H groups in total. The maximum Gasteiger partial charge on any atom is 0.336 e. The third-order valence-electron chi connectivity index (χ3n) is 4.09. The number of benzene rings is 1. The normalized spacial score (nSPS) is 18.2. The van der Waals surface area contributed by atoms with E-state index in [9.17, 15) is 4.79 Å². The van der Waals surface area contributed by atoms with E-state index in [1.807, 2.05) is 12.1 Å². The lowest BCUT2D eigenvalue weighted by atomic mass is 10.0. The third-order valence-corrected chi connectivity index (χ3v) is 4.58. The molecule has 1 aliphatic rings. The number of hydrogen-bond acceptors (Lipinski definition) is 5. The highest BCUT2D eigenvalue weighted by molar-refractivity contribution is 8.10. The van der Waals surface area contributed by atoms with Crippen molar-refractivity contribution in [1.29, 1.82) is 0 Å². The number of nitrogens with one attached hydrogen (secondary N) is 1. The van der Waals surface area contributed by atoms with Crippen molar-refractivity contribution in [3.8, 4) is 5.75 Å². The molecule has 1 unspecified atom stereocenters. The van der Waals surface area contributed by atoms with Gasteiger partial charge in [0.15, 0.2) is 0 Å². The topological polar surface area (TPSA) is 54.7 Å². The summed E-state index contributed by atoms with van der Waals surface area (Å²) in [5.74, 6) is 0.662. The summed E-state index contributed by atoms with van der Waals surface area (Å²) in [6.45, 7) is 2.50. The van der Waals surface area contributed by atoms with Crippen LogP contribution in [0.2, 0.25) is 0 Å². The van der Waals surface area contributed by atoms with Crippen LogP contribution in [0.3, 0.4) is 0 Å². The second-order valence-electron chi connectivity index (χ2n) is 5.49. The molecule has 122 valence electrons. The lowest BCUT2D eigenvalue weighted by Gasteiger charge is -2.37. The number of thiocarbonyl (C=S) groups is 1.